The predicted molar refractivity (Wildman–Crippen MR) is 135 cm³/mol. The van der Waals surface area contributed by atoms with Crippen molar-refractivity contribution >= 4 is 46.1 Å². The normalized spacial score (nSPS) is 16.9. The highest BCUT2D eigenvalue weighted by molar-refractivity contribution is 6.34. The number of anilines is 1. The summed E-state index contributed by atoms with van der Waals surface area (Å²) in [5.74, 6) is -2.53. The number of carboxylic acids is 1. The van der Waals surface area contributed by atoms with Gasteiger partial charge in [-0.15, -0.1) is 5.10 Å². The first-order valence-corrected chi connectivity index (χ1v) is 12.6. The zero-order chi connectivity index (χ0) is 28.1. The molecule has 2 fully saturated rings. The lowest BCUT2D eigenvalue weighted by atomic mass is 9.97. The van der Waals surface area contributed by atoms with Gasteiger partial charge in [0.15, 0.2) is 5.82 Å². The molecule has 0 unspecified atom stereocenters. The fourth-order valence-electron chi connectivity index (χ4n) is 4.98. The number of fused-ring (bicyclic) bond motifs is 1. The van der Waals surface area contributed by atoms with Gasteiger partial charge in [0.25, 0.3) is 11.8 Å². The Morgan fingerprint density at radius 3 is 2.38 bits per heavy atom. The Morgan fingerprint density at radius 1 is 1.08 bits per heavy atom. The number of aliphatic carboxylic acids is 1. The van der Waals surface area contributed by atoms with Crippen LogP contribution in [0.15, 0.2) is 36.4 Å². The number of piperidine rings is 1. The van der Waals surface area contributed by atoms with Gasteiger partial charge in [-0.3, -0.25) is 14.4 Å². The third kappa shape index (κ3) is 4.94. The van der Waals surface area contributed by atoms with E-state index >= 15 is 0 Å². The number of halogens is 4. The van der Waals surface area contributed by atoms with E-state index in [1.165, 1.54) is 12.1 Å². The third-order valence-electron chi connectivity index (χ3n) is 7.25. The van der Waals surface area contributed by atoms with E-state index < -0.39 is 35.1 Å². The molecule has 9 nitrogen and oxygen atoms in total. The second-order valence-corrected chi connectivity index (χ2v) is 10.0. The molecule has 1 N–H and O–H groups in total. The Kier molecular flexibility index (Phi) is 7.02. The monoisotopic (exact) mass is 564 g/mol. The van der Waals surface area contributed by atoms with Gasteiger partial charge < -0.3 is 19.6 Å². The van der Waals surface area contributed by atoms with Crippen molar-refractivity contribution in [2.45, 2.75) is 25.1 Å². The fraction of sp³-hybridized carbons (Fsp3) is 0.385. The maximum absolute atomic E-state index is 13.8. The average molecular weight is 565 g/mol. The van der Waals surface area contributed by atoms with E-state index in [1.807, 2.05) is 0 Å². The smallest absolute Gasteiger partial charge is 0.417 e. The molecule has 0 radical (unpaired) electrons. The first kappa shape index (κ1) is 26.9. The molecule has 0 atom stereocenters. The standard InChI is InChI=1S/C26H24ClF3N4O5/c1-39-16-12-33(13-16)23(35)15-5-6-17-20(11-15)34(31-22(17)32-9-7-14(8-10-32)25(37)38)24(36)21-18(26(28,29)30)3-2-4-19(21)27/h2-6,11,14,16H,7-10,12-13H2,1H3,(H,37,38). The molecule has 3 aromatic rings. The van der Waals surface area contributed by atoms with Gasteiger partial charge >= 0.3 is 12.1 Å². The average Bonchev–Trinajstić information content (AvgIpc) is 3.26. The van der Waals surface area contributed by atoms with Gasteiger partial charge in [0.05, 0.1) is 33.7 Å². The van der Waals surface area contributed by atoms with Crippen molar-refractivity contribution in [1.82, 2.24) is 14.7 Å². The van der Waals surface area contributed by atoms with Crippen molar-refractivity contribution in [3.63, 3.8) is 0 Å². The lowest BCUT2D eigenvalue weighted by molar-refractivity contribution is -0.142. The number of carboxylic acid groups (broad SMARTS) is 1. The van der Waals surface area contributed by atoms with Gasteiger partial charge in [-0.05, 0) is 43.2 Å². The fourth-order valence-corrected chi connectivity index (χ4v) is 5.23. The van der Waals surface area contributed by atoms with Crippen LogP contribution in [-0.4, -0.2) is 77.0 Å². The molecule has 3 heterocycles. The SMILES string of the molecule is COC1CN(C(=O)c2ccc3c(N4CCC(C(=O)O)CC4)nn(C(=O)c4c(Cl)cccc4C(F)(F)F)c3c2)C1. The number of aromatic nitrogens is 2. The van der Waals surface area contributed by atoms with E-state index in [1.54, 1.807) is 29.0 Å². The number of amides is 1. The molecule has 2 aromatic carbocycles. The first-order chi connectivity index (χ1) is 18.5. The molecular weight excluding hydrogens is 541 g/mol. The minimum absolute atomic E-state index is 0.0777. The molecule has 206 valence electrons. The third-order valence-corrected chi connectivity index (χ3v) is 7.56. The Morgan fingerprint density at radius 2 is 1.77 bits per heavy atom. The van der Waals surface area contributed by atoms with E-state index in [4.69, 9.17) is 16.3 Å². The van der Waals surface area contributed by atoms with Crippen molar-refractivity contribution in [1.29, 1.82) is 0 Å². The summed E-state index contributed by atoms with van der Waals surface area (Å²) in [6.45, 7) is 1.43. The highest BCUT2D eigenvalue weighted by Crippen LogP contribution is 2.37. The van der Waals surface area contributed by atoms with Crippen LogP contribution >= 0.6 is 11.6 Å². The predicted octanol–water partition coefficient (Wildman–Crippen LogP) is 4.17. The molecule has 5 rings (SSSR count). The van der Waals surface area contributed by atoms with Crippen LogP contribution in [-0.2, 0) is 15.7 Å². The number of hydrogen-bond donors (Lipinski definition) is 1. The van der Waals surface area contributed by atoms with Crippen molar-refractivity contribution in [2.24, 2.45) is 5.92 Å². The Labute approximate surface area is 225 Å². The second kappa shape index (κ2) is 10.2. The molecule has 39 heavy (non-hydrogen) atoms. The summed E-state index contributed by atoms with van der Waals surface area (Å²) in [5, 5.41) is 13.8. The molecule has 0 aliphatic carbocycles. The van der Waals surface area contributed by atoms with Crippen LogP contribution in [0.5, 0.6) is 0 Å². The van der Waals surface area contributed by atoms with Crippen LogP contribution in [0.25, 0.3) is 10.9 Å². The van der Waals surface area contributed by atoms with Gasteiger partial charge in [0.1, 0.15) is 0 Å². The summed E-state index contributed by atoms with van der Waals surface area (Å²) < 4.78 is 47.5. The minimum atomic E-state index is -4.85. The van der Waals surface area contributed by atoms with Crippen LogP contribution in [0.1, 0.15) is 39.1 Å². The molecule has 2 aliphatic heterocycles. The summed E-state index contributed by atoms with van der Waals surface area (Å²) in [4.78, 5) is 41.5. The number of carbonyl (C=O) groups is 3. The molecule has 0 saturated carbocycles. The zero-order valence-electron chi connectivity index (χ0n) is 20.7. The topological polar surface area (TPSA) is 105 Å². The molecular formula is C26H24ClF3N4O5. The highest BCUT2D eigenvalue weighted by Gasteiger charge is 2.38. The summed E-state index contributed by atoms with van der Waals surface area (Å²) in [6.07, 6.45) is -4.25. The number of ether oxygens (including phenoxy) is 1. The van der Waals surface area contributed by atoms with Crippen molar-refractivity contribution in [3.05, 3.63) is 58.1 Å². The maximum Gasteiger partial charge on any atom is 0.417 e. The zero-order valence-corrected chi connectivity index (χ0v) is 21.5. The number of likely N-dealkylation sites (tertiary alicyclic amines) is 1. The van der Waals surface area contributed by atoms with E-state index in [0.717, 1.165) is 16.8 Å². The molecule has 0 bridgehead atoms. The number of carbonyl (C=O) groups excluding carboxylic acids is 2. The van der Waals surface area contributed by atoms with E-state index in [2.05, 4.69) is 5.10 Å². The summed E-state index contributed by atoms with van der Waals surface area (Å²) >= 11 is 6.11. The lowest BCUT2D eigenvalue weighted by Gasteiger charge is -2.38. The van der Waals surface area contributed by atoms with E-state index in [-0.39, 0.29) is 28.1 Å². The first-order valence-electron chi connectivity index (χ1n) is 12.2. The quantitative estimate of drug-likeness (QED) is 0.496. The van der Waals surface area contributed by atoms with Crippen LogP contribution in [0.3, 0.4) is 0 Å². The molecule has 1 aromatic heterocycles. The van der Waals surface area contributed by atoms with Gasteiger partial charge in [-0.1, -0.05) is 17.7 Å². The summed E-state index contributed by atoms with van der Waals surface area (Å²) in [6, 6.07) is 7.68. The Hall–Kier alpha value is -3.64. The number of hydrogen-bond acceptors (Lipinski definition) is 6. The van der Waals surface area contributed by atoms with Crippen molar-refractivity contribution in [3.8, 4) is 0 Å². The molecule has 2 saturated heterocycles. The lowest BCUT2D eigenvalue weighted by Crippen LogP contribution is -2.54. The molecule has 2 aliphatic rings. The van der Waals surface area contributed by atoms with Crippen molar-refractivity contribution in [2.75, 3.05) is 38.2 Å². The molecule has 0 spiro atoms. The number of benzene rings is 2. The Bertz CT molecular complexity index is 1460. The summed E-state index contributed by atoms with van der Waals surface area (Å²) in [5.41, 5.74) is -1.59. The van der Waals surface area contributed by atoms with Crippen molar-refractivity contribution < 1.29 is 37.4 Å². The second-order valence-electron chi connectivity index (χ2n) is 9.60. The van der Waals surface area contributed by atoms with Crippen LogP contribution in [0.4, 0.5) is 19.0 Å². The van der Waals surface area contributed by atoms with Crippen LogP contribution in [0, 0.1) is 5.92 Å². The van der Waals surface area contributed by atoms with Gasteiger partial charge in [0, 0.05) is 44.2 Å². The summed E-state index contributed by atoms with van der Waals surface area (Å²) in [7, 11) is 1.55. The van der Waals surface area contributed by atoms with Gasteiger partial charge in [-0.2, -0.15) is 17.9 Å². The van der Waals surface area contributed by atoms with E-state index in [9.17, 15) is 32.7 Å². The van der Waals surface area contributed by atoms with Crippen LogP contribution in [0.2, 0.25) is 5.02 Å². The number of nitrogens with zero attached hydrogens (tertiary/aromatic N) is 4. The molecule has 13 heteroatoms. The van der Waals surface area contributed by atoms with Gasteiger partial charge in [0.2, 0.25) is 0 Å². The number of methoxy groups -OCH3 is 1. The van der Waals surface area contributed by atoms with Crippen LogP contribution < -0.4 is 4.90 Å². The van der Waals surface area contributed by atoms with E-state index in [0.29, 0.717) is 50.2 Å². The largest absolute Gasteiger partial charge is 0.481 e. The molecule has 1 amide bonds. The Balaban J connectivity index is 1.60. The number of alkyl halides is 3. The maximum atomic E-state index is 13.8. The number of rotatable bonds is 5. The van der Waals surface area contributed by atoms with Gasteiger partial charge in [-0.25, -0.2) is 0 Å². The minimum Gasteiger partial charge on any atom is -0.481 e. The highest BCUT2D eigenvalue weighted by atomic mass is 35.5.